The summed E-state index contributed by atoms with van der Waals surface area (Å²) in [6, 6.07) is 9.13. The number of rotatable bonds is 2. The Bertz CT molecular complexity index is 611. The molecule has 3 rings (SSSR count). The van der Waals surface area contributed by atoms with Crippen molar-refractivity contribution < 1.29 is 9.26 Å². The minimum atomic E-state index is -0.0367. The molecule has 6 heteroatoms. The van der Waals surface area contributed by atoms with Crippen LogP contribution >= 0.6 is 0 Å². The first-order chi connectivity index (χ1) is 9.36. The van der Waals surface area contributed by atoms with Crippen LogP contribution in [0.2, 0.25) is 0 Å². The Labute approximate surface area is 110 Å². The first-order valence-corrected chi connectivity index (χ1v) is 6.02. The van der Waals surface area contributed by atoms with Gasteiger partial charge in [0.1, 0.15) is 0 Å². The van der Waals surface area contributed by atoms with E-state index in [1.807, 2.05) is 6.07 Å². The number of nitrogens with zero attached hydrogens (tertiary/aromatic N) is 3. The van der Waals surface area contributed by atoms with Crippen LogP contribution in [-0.2, 0) is 4.74 Å². The summed E-state index contributed by atoms with van der Waals surface area (Å²) < 4.78 is 10.6. The third kappa shape index (κ3) is 2.47. The average Bonchev–Trinajstić information content (AvgIpc) is 2.98. The van der Waals surface area contributed by atoms with E-state index in [1.54, 1.807) is 18.2 Å². The Hall–Kier alpha value is -2.23. The summed E-state index contributed by atoms with van der Waals surface area (Å²) in [6.07, 6.45) is 0. The van der Waals surface area contributed by atoms with Crippen LogP contribution in [0.25, 0.3) is 11.5 Å². The molecule has 1 aromatic heterocycles. The summed E-state index contributed by atoms with van der Waals surface area (Å²) in [6.45, 7) is 2.01. The number of nitrogens with one attached hydrogen (secondary N) is 1. The second-order valence-corrected chi connectivity index (χ2v) is 4.23. The van der Waals surface area contributed by atoms with E-state index in [-0.39, 0.29) is 6.04 Å². The van der Waals surface area contributed by atoms with Crippen LogP contribution in [0.5, 0.6) is 0 Å². The van der Waals surface area contributed by atoms with Crippen LogP contribution in [0.15, 0.2) is 28.8 Å². The Morgan fingerprint density at radius 3 is 3.16 bits per heavy atom. The molecule has 1 aliphatic rings. The zero-order valence-corrected chi connectivity index (χ0v) is 10.2. The normalized spacial score (nSPS) is 19.0. The number of hydrogen-bond acceptors (Lipinski definition) is 6. The molecule has 1 aliphatic heterocycles. The number of nitriles is 1. The monoisotopic (exact) mass is 256 g/mol. The standard InChI is InChI=1S/C13H12N4O2/c14-7-9-2-1-3-10(6-9)13-16-12(17-19-13)11-8-18-5-4-15-11/h1-3,6,11,15H,4-5,8H2. The van der Waals surface area contributed by atoms with Gasteiger partial charge in [0, 0.05) is 12.1 Å². The van der Waals surface area contributed by atoms with E-state index in [0.717, 1.165) is 12.1 Å². The SMILES string of the molecule is N#Cc1cccc(-c2nc(C3COCCN3)no2)c1. The molecule has 0 aliphatic carbocycles. The second-order valence-electron chi connectivity index (χ2n) is 4.23. The summed E-state index contributed by atoms with van der Waals surface area (Å²) in [5.41, 5.74) is 1.31. The molecular formula is C13H12N4O2. The smallest absolute Gasteiger partial charge is 0.258 e. The van der Waals surface area contributed by atoms with Crippen molar-refractivity contribution >= 4 is 0 Å². The molecule has 0 spiro atoms. The van der Waals surface area contributed by atoms with Crippen molar-refractivity contribution in [1.82, 2.24) is 15.5 Å². The van der Waals surface area contributed by atoms with E-state index in [2.05, 4.69) is 21.5 Å². The van der Waals surface area contributed by atoms with E-state index in [4.69, 9.17) is 14.5 Å². The van der Waals surface area contributed by atoms with Crippen molar-refractivity contribution in [3.8, 4) is 17.5 Å². The molecule has 0 radical (unpaired) electrons. The van der Waals surface area contributed by atoms with Crippen molar-refractivity contribution in [2.45, 2.75) is 6.04 Å². The lowest BCUT2D eigenvalue weighted by atomic mass is 10.1. The van der Waals surface area contributed by atoms with Crippen LogP contribution < -0.4 is 5.32 Å². The Morgan fingerprint density at radius 2 is 2.37 bits per heavy atom. The molecule has 1 unspecified atom stereocenters. The number of morpholine rings is 1. The van der Waals surface area contributed by atoms with E-state index >= 15 is 0 Å². The first kappa shape index (κ1) is 11.8. The maximum absolute atomic E-state index is 8.87. The number of aromatic nitrogens is 2. The molecule has 1 N–H and O–H groups in total. The van der Waals surface area contributed by atoms with Crippen molar-refractivity contribution in [2.75, 3.05) is 19.8 Å². The molecule has 2 heterocycles. The maximum Gasteiger partial charge on any atom is 0.258 e. The lowest BCUT2D eigenvalue weighted by Crippen LogP contribution is -2.35. The van der Waals surface area contributed by atoms with Crippen molar-refractivity contribution in [1.29, 1.82) is 5.26 Å². The molecule has 0 bridgehead atoms. The highest BCUT2D eigenvalue weighted by molar-refractivity contribution is 5.55. The van der Waals surface area contributed by atoms with E-state index in [0.29, 0.717) is 30.5 Å². The minimum Gasteiger partial charge on any atom is -0.378 e. The van der Waals surface area contributed by atoms with Gasteiger partial charge >= 0.3 is 0 Å². The molecule has 6 nitrogen and oxygen atoms in total. The third-order valence-electron chi connectivity index (χ3n) is 2.91. The molecule has 19 heavy (non-hydrogen) atoms. The molecule has 1 aromatic carbocycles. The average molecular weight is 256 g/mol. The van der Waals surface area contributed by atoms with Gasteiger partial charge in [-0.15, -0.1) is 0 Å². The molecule has 96 valence electrons. The van der Waals surface area contributed by atoms with Crippen LogP contribution in [0.1, 0.15) is 17.4 Å². The van der Waals surface area contributed by atoms with Gasteiger partial charge in [0.2, 0.25) is 0 Å². The van der Waals surface area contributed by atoms with Gasteiger partial charge in [-0.2, -0.15) is 10.2 Å². The van der Waals surface area contributed by atoms with Crippen molar-refractivity contribution in [3.05, 3.63) is 35.7 Å². The number of benzene rings is 1. The quantitative estimate of drug-likeness (QED) is 0.871. The molecular weight excluding hydrogens is 244 g/mol. The van der Waals surface area contributed by atoms with Gasteiger partial charge in [-0.05, 0) is 18.2 Å². The molecule has 0 amide bonds. The fourth-order valence-electron chi connectivity index (χ4n) is 1.95. The van der Waals surface area contributed by atoms with Crippen LogP contribution in [0.4, 0.5) is 0 Å². The van der Waals surface area contributed by atoms with Crippen LogP contribution in [0, 0.1) is 11.3 Å². The highest BCUT2D eigenvalue weighted by Crippen LogP contribution is 2.21. The van der Waals surface area contributed by atoms with Gasteiger partial charge < -0.3 is 14.6 Å². The van der Waals surface area contributed by atoms with Gasteiger partial charge in [-0.1, -0.05) is 11.2 Å². The topological polar surface area (TPSA) is 84.0 Å². The highest BCUT2D eigenvalue weighted by Gasteiger charge is 2.21. The maximum atomic E-state index is 8.87. The van der Waals surface area contributed by atoms with E-state index in [1.165, 1.54) is 0 Å². The summed E-state index contributed by atoms with van der Waals surface area (Å²) in [5, 5.41) is 16.1. The summed E-state index contributed by atoms with van der Waals surface area (Å²) in [4.78, 5) is 4.35. The molecule has 1 saturated heterocycles. The summed E-state index contributed by atoms with van der Waals surface area (Å²) >= 11 is 0. The third-order valence-corrected chi connectivity index (χ3v) is 2.91. The van der Waals surface area contributed by atoms with Gasteiger partial charge in [0.05, 0.1) is 30.9 Å². The lowest BCUT2D eigenvalue weighted by Gasteiger charge is -2.20. The van der Waals surface area contributed by atoms with Crippen molar-refractivity contribution in [2.24, 2.45) is 0 Å². The van der Waals surface area contributed by atoms with Gasteiger partial charge in [-0.3, -0.25) is 0 Å². The summed E-state index contributed by atoms with van der Waals surface area (Å²) in [7, 11) is 0. The van der Waals surface area contributed by atoms with Gasteiger partial charge in [-0.25, -0.2) is 0 Å². The largest absolute Gasteiger partial charge is 0.378 e. The minimum absolute atomic E-state index is 0.0367. The first-order valence-electron chi connectivity index (χ1n) is 6.02. The highest BCUT2D eigenvalue weighted by atomic mass is 16.5. The zero-order valence-electron chi connectivity index (χ0n) is 10.2. The van der Waals surface area contributed by atoms with Crippen LogP contribution in [0.3, 0.4) is 0 Å². The predicted octanol–water partition coefficient (Wildman–Crippen LogP) is 1.27. The number of hydrogen-bond donors (Lipinski definition) is 1. The Kier molecular flexibility index (Phi) is 3.23. The van der Waals surface area contributed by atoms with Gasteiger partial charge in [0.15, 0.2) is 5.82 Å². The van der Waals surface area contributed by atoms with Crippen LogP contribution in [-0.4, -0.2) is 29.9 Å². The summed E-state index contributed by atoms with van der Waals surface area (Å²) in [5.74, 6) is 0.997. The van der Waals surface area contributed by atoms with E-state index < -0.39 is 0 Å². The number of ether oxygens (including phenoxy) is 1. The molecule has 0 saturated carbocycles. The van der Waals surface area contributed by atoms with E-state index in [9.17, 15) is 0 Å². The lowest BCUT2D eigenvalue weighted by molar-refractivity contribution is 0.0734. The predicted molar refractivity (Wildman–Crippen MR) is 66.0 cm³/mol. The Morgan fingerprint density at radius 1 is 1.42 bits per heavy atom. The fraction of sp³-hybridized carbons (Fsp3) is 0.308. The fourth-order valence-corrected chi connectivity index (χ4v) is 1.95. The molecule has 1 atom stereocenters. The van der Waals surface area contributed by atoms with Crippen molar-refractivity contribution in [3.63, 3.8) is 0 Å². The second kappa shape index (κ2) is 5.18. The van der Waals surface area contributed by atoms with Gasteiger partial charge in [0.25, 0.3) is 5.89 Å². The Balaban J connectivity index is 1.86. The molecule has 2 aromatic rings. The zero-order chi connectivity index (χ0) is 13.1. The molecule has 1 fully saturated rings.